The summed E-state index contributed by atoms with van der Waals surface area (Å²) in [6.07, 6.45) is -2.91. The monoisotopic (exact) mass is 215 g/mol. The minimum Gasteiger partial charge on any atom is -0.298 e. The number of halogens is 3. The maximum atomic E-state index is 12.3. The van der Waals surface area contributed by atoms with Crippen LogP contribution in [0.2, 0.25) is 0 Å². The Balaban J connectivity index is 2.67. The Morgan fingerprint density at radius 2 is 2.07 bits per heavy atom. The van der Waals surface area contributed by atoms with Crippen molar-refractivity contribution in [3.8, 4) is 0 Å². The summed E-state index contributed by atoms with van der Waals surface area (Å²) in [5, 5.41) is 6.34. The van der Waals surface area contributed by atoms with Gasteiger partial charge in [-0.05, 0) is 12.1 Å². The van der Waals surface area contributed by atoms with E-state index in [2.05, 4.69) is 10.2 Å². The van der Waals surface area contributed by atoms with Crippen LogP contribution in [0.4, 0.5) is 13.2 Å². The van der Waals surface area contributed by atoms with Gasteiger partial charge in [-0.15, -0.1) is 10.2 Å². The quantitative estimate of drug-likeness (QED) is 0.678. The number of hydrogen-bond donors (Lipinski definition) is 0. The average molecular weight is 215 g/mol. The van der Waals surface area contributed by atoms with E-state index < -0.39 is 12.0 Å². The van der Waals surface area contributed by atoms with Crippen molar-refractivity contribution in [2.45, 2.75) is 6.18 Å². The summed E-state index contributed by atoms with van der Waals surface area (Å²) in [5.74, 6) is -1.10. The molecule has 0 fully saturated rings. The van der Waals surface area contributed by atoms with Crippen LogP contribution in [0.25, 0.3) is 5.65 Å². The van der Waals surface area contributed by atoms with E-state index in [1.54, 1.807) is 0 Å². The van der Waals surface area contributed by atoms with E-state index in [1.165, 1.54) is 12.1 Å². The van der Waals surface area contributed by atoms with Gasteiger partial charge < -0.3 is 0 Å². The van der Waals surface area contributed by atoms with Crippen LogP contribution in [0, 0.1) is 0 Å². The van der Waals surface area contributed by atoms with Crippen molar-refractivity contribution >= 4 is 11.9 Å². The molecule has 0 amide bonds. The fraction of sp³-hybridized carbons (Fsp3) is 0.125. The molecule has 78 valence electrons. The minimum absolute atomic E-state index is 0.00748. The number of rotatable bonds is 1. The fourth-order valence-electron chi connectivity index (χ4n) is 1.17. The Kier molecular flexibility index (Phi) is 1.95. The second-order valence-corrected chi connectivity index (χ2v) is 2.83. The van der Waals surface area contributed by atoms with Gasteiger partial charge in [0, 0.05) is 11.8 Å². The zero-order chi connectivity index (χ0) is 11.1. The van der Waals surface area contributed by atoms with Gasteiger partial charge in [0.2, 0.25) is 5.82 Å². The van der Waals surface area contributed by atoms with E-state index in [0.29, 0.717) is 6.29 Å². The van der Waals surface area contributed by atoms with Crippen molar-refractivity contribution < 1.29 is 18.0 Å². The zero-order valence-electron chi connectivity index (χ0n) is 7.19. The van der Waals surface area contributed by atoms with Crippen LogP contribution in [0.3, 0.4) is 0 Å². The number of hydrogen-bond acceptors (Lipinski definition) is 3. The highest BCUT2D eigenvalue weighted by atomic mass is 19.4. The predicted molar refractivity (Wildman–Crippen MR) is 43.4 cm³/mol. The number of aldehydes is 1. The summed E-state index contributed by atoms with van der Waals surface area (Å²) in [7, 11) is 0. The first kappa shape index (κ1) is 9.63. The van der Waals surface area contributed by atoms with Gasteiger partial charge in [-0.1, -0.05) is 0 Å². The Labute approximate surface area is 81.3 Å². The third kappa shape index (κ3) is 1.56. The molecule has 4 nitrogen and oxygen atoms in total. The zero-order valence-corrected chi connectivity index (χ0v) is 7.19. The summed E-state index contributed by atoms with van der Waals surface area (Å²) < 4.78 is 37.8. The van der Waals surface area contributed by atoms with E-state index >= 15 is 0 Å². The largest absolute Gasteiger partial charge is 0.452 e. The molecule has 2 aromatic heterocycles. The fourth-order valence-corrected chi connectivity index (χ4v) is 1.17. The first-order valence-electron chi connectivity index (χ1n) is 3.89. The first-order chi connectivity index (χ1) is 7.02. The predicted octanol–water partition coefficient (Wildman–Crippen LogP) is 1.56. The molecular weight excluding hydrogens is 211 g/mol. The molecule has 7 heteroatoms. The molecule has 0 spiro atoms. The lowest BCUT2D eigenvalue weighted by molar-refractivity contribution is -0.145. The van der Waals surface area contributed by atoms with Gasteiger partial charge in [0.05, 0.1) is 0 Å². The van der Waals surface area contributed by atoms with Gasteiger partial charge in [0.25, 0.3) is 0 Å². The molecule has 0 aliphatic carbocycles. The summed E-state index contributed by atoms with van der Waals surface area (Å²) in [5.41, 5.74) is 0.246. The number of aromatic nitrogens is 3. The summed E-state index contributed by atoms with van der Waals surface area (Å²) in [4.78, 5) is 10.4. The van der Waals surface area contributed by atoms with Crippen LogP contribution in [0.5, 0.6) is 0 Å². The summed E-state index contributed by atoms with van der Waals surface area (Å²) >= 11 is 0. The smallest absolute Gasteiger partial charge is 0.298 e. The normalized spacial score (nSPS) is 11.9. The number of carbonyl (C=O) groups excluding carboxylic acids is 1. The number of alkyl halides is 3. The minimum atomic E-state index is -4.55. The van der Waals surface area contributed by atoms with Crippen molar-refractivity contribution in [3.63, 3.8) is 0 Å². The Bertz CT molecular complexity index is 517. The molecule has 0 aliphatic heterocycles. The van der Waals surface area contributed by atoms with E-state index in [0.717, 1.165) is 10.6 Å². The number of fused-ring (bicyclic) bond motifs is 1. The number of pyridine rings is 1. The highest BCUT2D eigenvalue weighted by molar-refractivity contribution is 5.76. The van der Waals surface area contributed by atoms with Gasteiger partial charge in [0.15, 0.2) is 5.65 Å². The molecule has 2 heterocycles. The molecule has 0 atom stereocenters. The van der Waals surface area contributed by atoms with Crippen molar-refractivity contribution in [1.82, 2.24) is 14.6 Å². The third-order valence-corrected chi connectivity index (χ3v) is 1.82. The van der Waals surface area contributed by atoms with Gasteiger partial charge >= 0.3 is 6.18 Å². The number of nitrogens with zero attached hydrogens (tertiary/aromatic N) is 3. The Morgan fingerprint density at radius 1 is 1.33 bits per heavy atom. The number of carbonyl (C=O) groups is 1. The van der Waals surface area contributed by atoms with Crippen LogP contribution in [0.1, 0.15) is 16.2 Å². The van der Waals surface area contributed by atoms with Gasteiger partial charge in [-0.2, -0.15) is 13.2 Å². The van der Waals surface area contributed by atoms with Crippen LogP contribution in [0.15, 0.2) is 18.3 Å². The van der Waals surface area contributed by atoms with Gasteiger partial charge in [0.1, 0.15) is 6.29 Å². The maximum absolute atomic E-state index is 12.3. The second kappa shape index (κ2) is 3.04. The molecule has 0 aliphatic rings. The highest BCUT2D eigenvalue weighted by Gasteiger charge is 2.36. The molecule has 15 heavy (non-hydrogen) atoms. The third-order valence-electron chi connectivity index (χ3n) is 1.82. The Hall–Kier alpha value is -1.92. The molecule has 0 bridgehead atoms. The molecule has 2 rings (SSSR count). The molecule has 0 aromatic carbocycles. The lowest BCUT2D eigenvalue weighted by Crippen LogP contribution is -2.10. The standard InChI is InChI=1S/C8H4F3N3O/c9-8(10,11)7-13-12-6-3-5(4-15)1-2-14(6)7/h1-4H. The van der Waals surface area contributed by atoms with Crippen molar-refractivity contribution in [2.75, 3.05) is 0 Å². The molecule has 0 saturated heterocycles. The molecular formula is C8H4F3N3O. The van der Waals surface area contributed by atoms with Gasteiger partial charge in [-0.25, -0.2) is 0 Å². The lowest BCUT2D eigenvalue weighted by Gasteiger charge is -2.03. The van der Waals surface area contributed by atoms with E-state index in [9.17, 15) is 18.0 Å². The second-order valence-electron chi connectivity index (χ2n) is 2.83. The maximum Gasteiger partial charge on any atom is 0.452 e. The summed E-state index contributed by atoms with van der Waals surface area (Å²) in [6.45, 7) is 0. The average Bonchev–Trinajstić information content (AvgIpc) is 2.59. The highest BCUT2D eigenvalue weighted by Crippen LogP contribution is 2.27. The van der Waals surface area contributed by atoms with E-state index in [-0.39, 0.29) is 11.2 Å². The molecule has 0 N–H and O–H groups in total. The van der Waals surface area contributed by atoms with Crippen LogP contribution < -0.4 is 0 Å². The van der Waals surface area contributed by atoms with Crippen molar-refractivity contribution in [2.24, 2.45) is 0 Å². The Morgan fingerprint density at radius 3 is 2.67 bits per heavy atom. The molecule has 2 aromatic rings. The first-order valence-corrected chi connectivity index (χ1v) is 3.89. The van der Waals surface area contributed by atoms with E-state index in [1.807, 2.05) is 0 Å². The van der Waals surface area contributed by atoms with Crippen LogP contribution in [-0.2, 0) is 6.18 Å². The van der Waals surface area contributed by atoms with Crippen molar-refractivity contribution in [3.05, 3.63) is 29.7 Å². The summed E-state index contributed by atoms with van der Waals surface area (Å²) in [6, 6.07) is 2.49. The molecule has 0 radical (unpaired) electrons. The van der Waals surface area contributed by atoms with Crippen molar-refractivity contribution in [1.29, 1.82) is 0 Å². The topological polar surface area (TPSA) is 47.3 Å². The molecule has 0 unspecified atom stereocenters. The van der Waals surface area contributed by atoms with Crippen LogP contribution in [-0.4, -0.2) is 20.9 Å². The SMILES string of the molecule is O=Cc1ccn2c(C(F)(F)F)nnc2c1. The van der Waals surface area contributed by atoms with E-state index in [4.69, 9.17) is 0 Å². The lowest BCUT2D eigenvalue weighted by atomic mass is 10.3. The molecule has 0 saturated carbocycles. The van der Waals surface area contributed by atoms with Gasteiger partial charge in [-0.3, -0.25) is 9.20 Å². The van der Waals surface area contributed by atoms with Crippen LogP contribution >= 0.6 is 0 Å².